The largest absolute Gasteiger partial charge is 0.379 e. The van der Waals surface area contributed by atoms with Crippen LogP contribution in [0.15, 0.2) is 0 Å². The van der Waals surface area contributed by atoms with Gasteiger partial charge in [-0.15, -0.1) is 0 Å². The first-order valence-corrected chi connectivity index (χ1v) is 4.38. The van der Waals surface area contributed by atoms with Crippen LogP contribution in [0.3, 0.4) is 0 Å². The summed E-state index contributed by atoms with van der Waals surface area (Å²) in [6, 6.07) is 0. The van der Waals surface area contributed by atoms with E-state index in [1.807, 2.05) is 0 Å². The molecular formula is C8H18N2O3. The molecule has 5 heteroatoms. The maximum atomic E-state index is 9.89. The van der Waals surface area contributed by atoms with Crippen molar-refractivity contribution < 1.29 is 15.0 Å². The van der Waals surface area contributed by atoms with Crippen molar-refractivity contribution in [2.24, 2.45) is 0 Å². The summed E-state index contributed by atoms with van der Waals surface area (Å²) in [5.74, 6) is 0. The smallest absolute Gasteiger partial charge is 0.207 e. The Morgan fingerprint density at radius 3 is 2.31 bits per heavy atom. The van der Waals surface area contributed by atoms with Gasteiger partial charge >= 0.3 is 0 Å². The minimum atomic E-state index is -0.670. The Bertz CT molecular complexity index is 131. The van der Waals surface area contributed by atoms with Crippen molar-refractivity contribution in [3.05, 3.63) is 0 Å². The summed E-state index contributed by atoms with van der Waals surface area (Å²) in [6.07, 6.45) is -0.00338. The van der Waals surface area contributed by atoms with E-state index in [-0.39, 0.29) is 0 Å². The molecule has 0 bridgehead atoms. The topological polar surface area (TPSA) is 72.8 Å². The highest BCUT2D eigenvalue weighted by Gasteiger charge is 2.14. The monoisotopic (exact) mass is 190 g/mol. The lowest BCUT2D eigenvalue weighted by Gasteiger charge is -2.27. The Balaban J connectivity index is 3.63. The minimum absolute atomic E-state index is 0.552. The van der Waals surface area contributed by atoms with E-state index >= 15 is 0 Å². The van der Waals surface area contributed by atoms with Crippen LogP contribution in [0.25, 0.3) is 0 Å². The number of nitrogens with one attached hydrogen (secondary N) is 1. The summed E-state index contributed by atoms with van der Waals surface area (Å²) in [6.45, 7) is 4.30. The third-order valence-corrected chi connectivity index (χ3v) is 1.78. The number of rotatable bonds is 7. The highest BCUT2D eigenvalue weighted by atomic mass is 16.3. The van der Waals surface area contributed by atoms with E-state index in [2.05, 4.69) is 5.32 Å². The van der Waals surface area contributed by atoms with Gasteiger partial charge in [-0.1, -0.05) is 0 Å². The van der Waals surface area contributed by atoms with Gasteiger partial charge in [0.1, 0.15) is 12.5 Å². The lowest BCUT2D eigenvalue weighted by atomic mass is 10.3. The molecule has 3 N–H and O–H groups in total. The van der Waals surface area contributed by atoms with Crippen LogP contribution in [0, 0.1) is 0 Å². The minimum Gasteiger partial charge on any atom is -0.379 e. The number of hydrogen-bond donors (Lipinski definition) is 3. The number of nitrogens with zero attached hydrogens (tertiary/aromatic N) is 1. The Kier molecular flexibility index (Phi) is 6.48. The first-order chi connectivity index (χ1) is 6.09. The zero-order valence-electron chi connectivity index (χ0n) is 8.10. The summed E-state index contributed by atoms with van der Waals surface area (Å²) in [4.78, 5) is 11.4. The summed E-state index contributed by atoms with van der Waals surface area (Å²) >= 11 is 0. The van der Waals surface area contributed by atoms with E-state index in [9.17, 15) is 15.0 Å². The number of aliphatic hydroxyl groups excluding tert-OH is 2. The van der Waals surface area contributed by atoms with E-state index in [1.54, 1.807) is 13.8 Å². The average molecular weight is 190 g/mol. The van der Waals surface area contributed by atoms with Crippen LogP contribution in [-0.4, -0.2) is 47.1 Å². The maximum Gasteiger partial charge on any atom is 0.207 e. The molecule has 0 aromatic rings. The molecule has 0 spiro atoms. The second-order valence-corrected chi connectivity index (χ2v) is 2.93. The van der Waals surface area contributed by atoms with Gasteiger partial charge in [-0.05, 0) is 20.3 Å². The third kappa shape index (κ3) is 5.57. The van der Waals surface area contributed by atoms with Gasteiger partial charge in [-0.25, -0.2) is 0 Å². The van der Waals surface area contributed by atoms with Crippen LogP contribution in [0.1, 0.15) is 20.3 Å². The molecule has 0 saturated heterocycles. The van der Waals surface area contributed by atoms with Gasteiger partial charge in [0.2, 0.25) is 6.41 Å². The second kappa shape index (κ2) is 6.82. The molecule has 2 unspecified atom stereocenters. The average Bonchev–Trinajstić information content (AvgIpc) is 2.02. The number of amides is 1. The molecular weight excluding hydrogens is 172 g/mol. The Hall–Kier alpha value is -0.650. The molecule has 0 aliphatic rings. The molecule has 0 radical (unpaired) electrons. The number of carbonyl (C=O) groups excluding carboxylic acids is 1. The van der Waals surface area contributed by atoms with E-state index in [4.69, 9.17) is 0 Å². The molecule has 2 atom stereocenters. The molecule has 0 heterocycles. The van der Waals surface area contributed by atoms with Gasteiger partial charge in [0.25, 0.3) is 0 Å². The quantitative estimate of drug-likeness (QED) is 0.276. The van der Waals surface area contributed by atoms with Crippen molar-refractivity contribution >= 4 is 6.41 Å². The molecule has 0 aliphatic heterocycles. The number of carbonyl (C=O) groups is 1. The van der Waals surface area contributed by atoms with Gasteiger partial charge in [-0.2, -0.15) is 0 Å². The summed E-state index contributed by atoms with van der Waals surface area (Å²) in [7, 11) is 0. The first-order valence-electron chi connectivity index (χ1n) is 4.38. The van der Waals surface area contributed by atoms with Crippen LogP contribution in [0.5, 0.6) is 0 Å². The summed E-state index contributed by atoms with van der Waals surface area (Å²) in [5.41, 5.74) is 0. The van der Waals surface area contributed by atoms with Crippen molar-refractivity contribution in [1.29, 1.82) is 0 Å². The summed E-state index contributed by atoms with van der Waals surface area (Å²) < 4.78 is 0. The predicted molar refractivity (Wildman–Crippen MR) is 48.8 cm³/mol. The summed E-state index contributed by atoms with van der Waals surface area (Å²) in [5, 5.41) is 20.9. The molecule has 0 aromatic heterocycles. The van der Waals surface area contributed by atoms with Gasteiger partial charge < -0.3 is 15.5 Å². The predicted octanol–water partition coefficient (Wildman–Crippen LogP) is -0.899. The normalized spacial score (nSPS) is 15.5. The fraction of sp³-hybridized carbons (Fsp3) is 0.875. The number of hydrogen-bond acceptors (Lipinski definition) is 4. The van der Waals surface area contributed by atoms with Gasteiger partial charge in [0.05, 0.1) is 0 Å². The molecule has 0 fully saturated rings. The van der Waals surface area contributed by atoms with Crippen molar-refractivity contribution in [3.63, 3.8) is 0 Å². The van der Waals surface area contributed by atoms with Crippen molar-refractivity contribution in [3.8, 4) is 0 Å². The van der Waals surface area contributed by atoms with Gasteiger partial charge in [-0.3, -0.25) is 9.69 Å². The van der Waals surface area contributed by atoms with Crippen molar-refractivity contribution in [2.45, 2.75) is 32.7 Å². The van der Waals surface area contributed by atoms with Crippen molar-refractivity contribution in [2.75, 3.05) is 13.1 Å². The molecule has 0 aliphatic carbocycles. The van der Waals surface area contributed by atoms with Crippen LogP contribution in [-0.2, 0) is 4.79 Å². The highest BCUT2D eigenvalue weighted by molar-refractivity contribution is 5.45. The third-order valence-electron chi connectivity index (χ3n) is 1.78. The standard InChI is InChI=1S/C8H18N2O3/c1-7(12)10(8(2)13)5-3-4-9-6-11/h6-8,12-13H,3-5H2,1-2H3,(H,9,11). The zero-order chi connectivity index (χ0) is 10.3. The van der Waals surface area contributed by atoms with Crippen LogP contribution >= 0.6 is 0 Å². The maximum absolute atomic E-state index is 9.89. The van der Waals surface area contributed by atoms with Crippen LogP contribution < -0.4 is 5.32 Å². The first kappa shape index (κ1) is 12.3. The van der Waals surface area contributed by atoms with E-state index < -0.39 is 12.5 Å². The molecule has 0 rings (SSSR count). The fourth-order valence-electron chi connectivity index (χ4n) is 1.11. The second-order valence-electron chi connectivity index (χ2n) is 2.93. The van der Waals surface area contributed by atoms with E-state index in [0.717, 1.165) is 0 Å². The van der Waals surface area contributed by atoms with Gasteiger partial charge in [0, 0.05) is 13.1 Å². The molecule has 0 aromatic carbocycles. The lowest BCUT2D eigenvalue weighted by molar-refractivity contribution is -0.109. The van der Waals surface area contributed by atoms with E-state index in [0.29, 0.717) is 25.9 Å². The SMILES string of the molecule is CC(O)N(CCCNC=O)C(C)O. The van der Waals surface area contributed by atoms with Crippen molar-refractivity contribution in [1.82, 2.24) is 10.2 Å². The zero-order valence-corrected chi connectivity index (χ0v) is 8.10. The van der Waals surface area contributed by atoms with E-state index in [1.165, 1.54) is 4.90 Å². The van der Waals surface area contributed by atoms with Gasteiger partial charge in [0.15, 0.2) is 0 Å². The molecule has 78 valence electrons. The molecule has 0 saturated carbocycles. The molecule has 5 nitrogen and oxygen atoms in total. The Morgan fingerprint density at radius 1 is 1.38 bits per heavy atom. The van der Waals surface area contributed by atoms with Crippen LogP contribution in [0.2, 0.25) is 0 Å². The van der Waals surface area contributed by atoms with Crippen LogP contribution in [0.4, 0.5) is 0 Å². The lowest BCUT2D eigenvalue weighted by Crippen LogP contribution is -2.41. The number of aliphatic hydroxyl groups is 2. The Labute approximate surface area is 78.4 Å². The molecule has 13 heavy (non-hydrogen) atoms. The highest BCUT2D eigenvalue weighted by Crippen LogP contribution is 2.01. The Morgan fingerprint density at radius 2 is 1.92 bits per heavy atom. The molecule has 1 amide bonds. The fourth-order valence-corrected chi connectivity index (χ4v) is 1.11.